The van der Waals surface area contributed by atoms with E-state index in [0.29, 0.717) is 10.6 Å². The Morgan fingerprint density at radius 3 is 2.55 bits per heavy atom. The van der Waals surface area contributed by atoms with E-state index in [1.165, 1.54) is 0 Å². The van der Waals surface area contributed by atoms with E-state index in [0.717, 1.165) is 11.3 Å². The molecule has 4 heteroatoms. The van der Waals surface area contributed by atoms with E-state index in [1.54, 1.807) is 48.3 Å². The molecule has 0 saturated carbocycles. The van der Waals surface area contributed by atoms with E-state index in [9.17, 15) is 4.79 Å². The Balaban J connectivity index is 2.10. The van der Waals surface area contributed by atoms with Crippen molar-refractivity contribution in [2.75, 3.05) is 11.9 Å². The first kappa shape index (κ1) is 14.1. The smallest absolute Gasteiger partial charge is 0.231 e. The number of rotatable bonds is 3. The van der Waals surface area contributed by atoms with E-state index in [4.69, 9.17) is 16.9 Å². The van der Waals surface area contributed by atoms with Crippen LogP contribution >= 0.6 is 11.6 Å². The number of amides is 1. The summed E-state index contributed by atoms with van der Waals surface area (Å²) in [6, 6.07) is 16.2. The molecule has 2 aromatic rings. The van der Waals surface area contributed by atoms with Gasteiger partial charge in [0.25, 0.3) is 0 Å². The lowest BCUT2D eigenvalue weighted by atomic mass is 10.1. The highest BCUT2D eigenvalue weighted by Gasteiger charge is 2.11. The molecule has 0 atom stereocenters. The van der Waals surface area contributed by atoms with Gasteiger partial charge in [0.05, 0.1) is 18.1 Å². The molecule has 0 aromatic heterocycles. The molecule has 3 nitrogen and oxygen atoms in total. The zero-order valence-corrected chi connectivity index (χ0v) is 11.8. The van der Waals surface area contributed by atoms with E-state index in [2.05, 4.69) is 6.07 Å². The maximum atomic E-state index is 12.2. The fourth-order valence-corrected chi connectivity index (χ4v) is 2.06. The predicted octanol–water partition coefficient (Wildman–Crippen LogP) is 3.42. The molecule has 2 aromatic carbocycles. The molecule has 100 valence electrons. The number of benzene rings is 2. The highest BCUT2D eigenvalue weighted by Crippen LogP contribution is 2.16. The Labute approximate surface area is 123 Å². The Morgan fingerprint density at radius 2 is 1.95 bits per heavy atom. The molecule has 0 spiro atoms. The highest BCUT2D eigenvalue weighted by molar-refractivity contribution is 6.30. The first-order chi connectivity index (χ1) is 9.60. The van der Waals surface area contributed by atoms with Crippen LogP contribution in [0.4, 0.5) is 5.69 Å². The predicted molar refractivity (Wildman–Crippen MR) is 79.7 cm³/mol. The molecular formula is C16H13ClN2O. The largest absolute Gasteiger partial charge is 0.315 e. The molecule has 0 aliphatic rings. The zero-order valence-electron chi connectivity index (χ0n) is 11.0. The van der Waals surface area contributed by atoms with Crippen molar-refractivity contribution in [1.82, 2.24) is 0 Å². The van der Waals surface area contributed by atoms with Crippen LogP contribution in [0.3, 0.4) is 0 Å². The molecule has 20 heavy (non-hydrogen) atoms. The molecule has 0 saturated heterocycles. The number of hydrogen-bond acceptors (Lipinski definition) is 2. The third kappa shape index (κ3) is 3.37. The number of likely N-dealkylation sites (N-methyl/N-ethyl adjacent to an activating group) is 1. The first-order valence-corrected chi connectivity index (χ1v) is 6.49. The summed E-state index contributed by atoms with van der Waals surface area (Å²) in [5.74, 6) is -0.0306. The fraction of sp³-hybridized carbons (Fsp3) is 0.125. The van der Waals surface area contributed by atoms with Crippen LogP contribution in [-0.2, 0) is 11.2 Å². The molecule has 0 heterocycles. The molecule has 0 radical (unpaired) electrons. The van der Waals surface area contributed by atoms with Crippen molar-refractivity contribution in [3.8, 4) is 6.07 Å². The minimum absolute atomic E-state index is 0.0306. The van der Waals surface area contributed by atoms with Gasteiger partial charge in [-0.05, 0) is 42.0 Å². The van der Waals surface area contributed by atoms with Crippen LogP contribution in [0, 0.1) is 11.3 Å². The van der Waals surface area contributed by atoms with Gasteiger partial charge in [-0.15, -0.1) is 0 Å². The Bertz CT molecular complexity index is 659. The van der Waals surface area contributed by atoms with Gasteiger partial charge in [-0.2, -0.15) is 5.26 Å². The summed E-state index contributed by atoms with van der Waals surface area (Å²) in [4.78, 5) is 13.8. The topological polar surface area (TPSA) is 44.1 Å². The van der Waals surface area contributed by atoms with Gasteiger partial charge in [-0.25, -0.2) is 0 Å². The van der Waals surface area contributed by atoms with Crippen LogP contribution in [0.5, 0.6) is 0 Å². The minimum atomic E-state index is -0.0306. The van der Waals surface area contributed by atoms with Gasteiger partial charge < -0.3 is 4.90 Å². The minimum Gasteiger partial charge on any atom is -0.315 e. The molecule has 0 N–H and O–H groups in total. The average molecular weight is 285 g/mol. The van der Waals surface area contributed by atoms with Crippen molar-refractivity contribution >= 4 is 23.2 Å². The van der Waals surface area contributed by atoms with Crippen molar-refractivity contribution < 1.29 is 4.79 Å². The van der Waals surface area contributed by atoms with Gasteiger partial charge in [0.15, 0.2) is 0 Å². The maximum absolute atomic E-state index is 12.2. The second kappa shape index (κ2) is 6.23. The average Bonchev–Trinajstić information content (AvgIpc) is 2.46. The number of carbonyl (C=O) groups is 1. The Hall–Kier alpha value is -2.31. The molecule has 1 amide bonds. The Kier molecular flexibility index (Phi) is 4.39. The van der Waals surface area contributed by atoms with Crippen molar-refractivity contribution in [2.24, 2.45) is 0 Å². The van der Waals surface area contributed by atoms with E-state index in [1.807, 2.05) is 12.1 Å². The summed E-state index contributed by atoms with van der Waals surface area (Å²) < 4.78 is 0. The number of halogens is 1. The molecular weight excluding hydrogens is 272 g/mol. The van der Waals surface area contributed by atoms with E-state index >= 15 is 0 Å². The van der Waals surface area contributed by atoms with Gasteiger partial charge in [0.1, 0.15) is 0 Å². The monoisotopic (exact) mass is 284 g/mol. The summed E-state index contributed by atoms with van der Waals surface area (Å²) in [5.41, 5.74) is 2.21. The second-order valence-electron chi connectivity index (χ2n) is 4.42. The quantitative estimate of drug-likeness (QED) is 0.867. The summed E-state index contributed by atoms with van der Waals surface area (Å²) in [6.45, 7) is 0. The van der Waals surface area contributed by atoms with Crippen LogP contribution in [0.2, 0.25) is 5.02 Å². The van der Waals surface area contributed by atoms with Crippen LogP contribution in [0.1, 0.15) is 11.1 Å². The van der Waals surface area contributed by atoms with Gasteiger partial charge in [-0.1, -0.05) is 23.7 Å². The van der Waals surface area contributed by atoms with E-state index < -0.39 is 0 Å². The number of nitrogens with zero attached hydrogens (tertiary/aromatic N) is 2. The van der Waals surface area contributed by atoms with Crippen molar-refractivity contribution in [2.45, 2.75) is 6.42 Å². The van der Waals surface area contributed by atoms with Crippen LogP contribution in [0.25, 0.3) is 0 Å². The molecule has 0 unspecified atom stereocenters. The number of carbonyl (C=O) groups excluding carboxylic acids is 1. The Morgan fingerprint density at radius 1 is 1.25 bits per heavy atom. The second-order valence-corrected chi connectivity index (χ2v) is 4.85. The number of hydrogen-bond donors (Lipinski definition) is 0. The lowest BCUT2D eigenvalue weighted by Crippen LogP contribution is -2.27. The van der Waals surface area contributed by atoms with Gasteiger partial charge in [-0.3, -0.25) is 4.79 Å². The first-order valence-electron chi connectivity index (χ1n) is 6.11. The molecule has 0 aliphatic carbocycles. The van der Waals surface area contributed by atoms with Crippen molar-refractivity contribution in [3.63, 3.8) is 0 Å². The normalized spacial score (nSPS) is 9.85. The maximum Gasteiger partial charge on any atom is 0.231 e. The van der Waals surface area contributed by atoms with Crippen molar-refractivity contribution in [1.29, 1.82) is 5.26 Å². The van der Waals surface area contributed by atoms with Crippen molar-refractivity contribution in [3.05, 3.63) is 64.7 Å². The molecule has 0 fully saturated rings. The van der Waals surface area contributed by atoms with Gasteiger partial charge in [0.2, 0.25) is 5.91 Å². The van der Waals surface area contributed by atoms with Crippen LogP contribution in [-0.4, -0.2) is 13.0 Å². The lowest BCUT2D eigenvalue weighted by molar-refractivity contribution is -0.117. The summed E-state index contributed by atoms with van der Waals surface area (Å²) in [6.07, 6.45) is 0.289. The van der Waals surface area contributed by atoms with Gasteiger partial charge >= 0.3 is 0 Å². The fourth-order valence-electron chi connectivity index (χ4n) is 1.84. The summed E-state index contributed by atoms with van der Waals surface area (Å²) in [5, 5.41) is 9.38. The highest BCUT2D eigenvalue weighted by atomic mass is 35.5. The van der Waals surface area contributed by atoms with Crippen LogP contribution < -0.4 is 4.90 Å². The molecule has 0 aliphatic heterocycles. The standard InChI is InChI=1S/C16H13ClN2O/c1-19(15-7-5-12(11-18)6-8-15)16(20)10-13-3-2-4-14(17)9-13/h2-9H,10H2,1H3. The third-order valence-electron chi connectivity index (χ3n) is 3.00. The SMILES string of the molecule is CN(C(=O)Cc1cccc(Cl)c1)c1ccc(C#N)cc1. The summed E-state index contributed by atoms with van der Waals surface area (Å²) in [7, 11) is 1.72. The third-order valence-corrected chi connectivity index (χ3v) is 3.24. The van der Waals surface area contributed by atoms with Gasteiger partial charge in [0, 0.05) is 17.8 Å². The van der Waals surface area contributed by atoms with E-state index in [-0.39, 0.29) is 12.3 Å². The molecule has 0 bridgehead atoms. The number of anilines is 1. The number of nitriles is 1. The molecule has 2 rings (SSSR count). The summed E-state index contributed by atoms with van der Waals surface area (Å²) >= 11 is 5.90. The zero-order chi connectivity index (χ0) is 14.5. The van der Waals surface area contributed by atoms with Crippen LogP contribution in [0.15, 0.2) is 48.5 Å². The lowest BCUT2D eigenvalue weighted by Gasteiger charge is -2.17.